The summed E-state index contributed by atoms with van der Waals surface area (Å²) in [6, 6.07) is 7.34. The van der Waals surface area contributed by atoms with Gasteiger partial charge < -0.3 is 25.4 Å². The Bertz CT molecular complexity index is 964. The molecule has 0 unspecified atom stereocenters. The minimum Gasteiger partial charge on any atom is -0.467 e. The third kappa shape index (κ3) is 9.79. The fourth-order valence-corrected chi connectivity index (χ4v) is 4.53. The SMILES string of the molecule is COC(=O)[C@H](C[C@@H]1CCNC1=O)NC(=O)[C@@H](CC(=O)[C@@H](NC(=O)OCc1ccccc1)C(C)C)CC(C)C. The molecular formula is C28H41N3O7. The van der Waals surface area contributed by atoms with E-state index in [0.29, 0.717) is 19.4 Å². The second-order valence-corrected chi connectivity index (χ2v) is 10.5. The van der Waals surface area contributed by atoms with Crippen LogP contribution in [0.5, 0.6) is 0 Å². The van der Waals surface area contributed by atoms with Crippen LogP contribution in [0.2, 0.25) is 0 Å². The van der Waals surface area contributed by atoms with Gasteiger partial charge in [-0.2, -0.15) is 0 Å². The number of Topliss-reactive ketones (excluding diaryl/α,β-unsaturated/α-hetero) is 1. The van der Waals surface area contributed by atoms with E-state index in [2.05, 4.69) is 16.0 Å². The van der Waals surface area contributed by atoms with Crippen molar-refractivity contribution < 1.29 is 33.4 Å². The molecule has 3 amide bonds. The maximum absolute atomic E-state index is 13.3. The third-order valence-corrected chi connectivity index (χ3v) is 6.56. The van der Waals surface area contributed by atoms with Crippen LogP contribution < -0.4 is 16.0 Å². The fourth-order valence-electron chi connectivity index (χ4n) is 4.53. The van der Waals surface area contributed by atoms with E-state index in [-0.39, 0.29) is 43.0 Å². The number of hydrogen-bond acceptors (Lipinski definition) is 7. The Labute approximate surface area is 224 Å². The summed E-state index contributed by atoms with van der Waals surface area (Å²) in [5, 5.41) is 8.08. The number of rotatable bonds is 14. The highest BCUT2D eigenvalue weighted by molar-refractivity contribution is 5.93. The second kappa shape index (κ2) is 15.1. The zero-order valence-corrected chi connectivity index (χ0v) is 23.0. The molecule has 1 aliphatic rings. The van der Waals surface area contributed by atoms with Gasteiger partial charge in [-0.25, -0.2) is 9.59 Å². The number of nitrogens with one attached hydrogen (secondary N) is 3. The van der Waals surface area contributed by atoms with Gasteiger partial charge in [0.15, 0.2) is 5.78 Å². The van der Waals surface area contributed by atoms with Crippen LogP contribution in [0.4, 0.5) is 4.79 Å². The lowest BCUT2D eigenvalue weighted by molar-refractivity contribution is -0.146. The van der Waals surface area contributed by atoms with Crippen molar-refractivity contribution in [3.05, 3.63) is 35.9 Å². The van der Waals surface area contributed by atoms with Crippen LogP contribution in [0.1, 0.15) is 58.9 Å². The Kier molecular flexibility index (Phi) is 12.2. The summed E-state index contributed by atoms with van der Waals surface area (Å²) in [7, 11) is 1.22. The van der Waals surface area contributed by atoms with E-state index in [0.717, 1.165) is 5.56 Å². The van der Waals surface area contributed by atoms with Crippen LogP contribution in [-0.4, -0.2) is 55.4 Å². The highest BCUT2D eigenvalue weighted by Gasteiger charge is 2.35. The molecular weight excluding hydrogens is 490 g/mol. The van der Waals surface area contributed by atoms with Crippen molar-refractivity contribution in [3.63, 3.8) is 0 Å². The first-order valence-corrected chi connectivity index (χ1v) is 13.2. The molecule has 1 aromatic carbocycles. The first kappa shape index (κ1) is 30.8. The van der Waals surface area contributed by atoms with Gasteiger partial charge in [-0.3, -0.25) is 14.4 Å². The lowest BCUT2D eigenvalue weighted by Gasteiger charge is -2.26. The topological polar surface area (TPSA) is 140 Å². The van der Waals surface area contributed by atoms with E-state index in [4.69, 9.17) is 9.47 Å². The van der Waals surface area contributed by atoms with Gasteiger partial charge in [0.1, 0.15) is 12.6 Å². The number of ketones is 1. The van der Waals surface area contributed by atoms with Crippen molar-refractivity contribution in [2.75, 3.05) is 13.7 Å². The average molecular weight is 532 g/mol. The highest BCUT2D eigenvalue weighted by atomic mass is 16.5. The fraction of sp³-hybridized carbons (Fsp3) is 0.607. The van der Waals surface area contributed by atoms with Crippen LogP contribution in [0.3, 0.4) is 0 Å². The van der Waals surface area contributed by atoms with Gasteiger partial charge in [-0.1, -0.05) is 58.0 Å². The first-order chi connectivity index (χ1) is 18.0. The number of methoxy groups -OCH3 is 1. The molecule has 2 rings (SSSR count). The number of carbonyl (C=O) groups excluding carboxylic acids is 5. The zero-order valence-electron chi connectivity index (χ0n) is 23.0. The predicted octanol–water partition coefficient (Wildman–Crippen LogP) is 2.74. The van der Waals surface area contributed by atoms with E-state index in [1.807, 2.05) is 44.2 Å². The first-order valence-electron chi connectivity index (χ1n) is 13.2. The Morgan fingerprint density at radius 2 is 1.74 bits per heavy atom. The Balaban J connectivity index is 2.06. The molecule has 1 aromatic rings. The number of carbonyl (C=O) groups is 5. The number of hydrogen-bond donors (Lipinski definition) is 3. The van der Waals surface area contributed by atoms with Gasteiger partial charge >= 0.3 is 12.1 Å². The van der Waals surface area contributed by atoms with E-state index < -0.39 is 41.9 Å². The van der Waals surface area contributed by atoms with Gasteiger partial charge in [-0.05, 0) is 36.7 Å². The highest BCUT2D eigenvalue weighted by Crippen LogP contribution is 2.21. The molecule has 210 valence electrons. The lowest BCUT2D eigenvalue weighted by Crippen LogP contribution is -2.48. The molecule has 38 heavy (non-hydrogen) atoms. The molecule has 1 heterocycles. The molecule has 4 atom stereocenters. The molecule has 1 fully saturated rings. The smallest absolute Gasteiger partial charge is 0.408 e. The van der Waals surface area contributed by atoms with Gasteiger partial charge in [0.05, 0.1) is 13.2 Å². The number of benzene rings is 1. The third-order valence-electron chi connectivity index (χ3n) is 6.56. The molecule has 0 spiro atoms. The lowest BCUT2D eigenvalue weighted by atomic mass is 9.87. The quantitative estimate of drug-likeness (QED) is 0.314. The Morgan fingerprint density at radius 1 is 1.05 bits per heavy atom. The minimum atomic E-state index is -1.00. The maximum atomic E-state index is 13.3. The second-order valence-electron chi connectivity index (χ2n) is 10.5. The zero-order chi connectivity index (χ0) is 28.2. The normalized spacial score (nSPS) is 17.3. The minimum absolute atomic E-state index is 0.0675. The predicted molar refractivity (Wildman–Crippen MR) is 141 cm³/mol. The van der Waals surface area contributed by atoms with Crippen molar-refractivity contribution in [3.8, 4) is 0 Å². The molecule has 0 saturated carbocycles. The van der Waals surface area contributed by atoms with Crippen molar-refractivity contribution in [1.82, 2.24) is 16.0 Å². The van der Waals surface area contributed by atoms with Crippen LogP contribution >= 0.6 is 0 Å². The van der Waals surface area contributed by atoms with E-state index in [1.165, 1.54) is 7.11 Å². The van der Waals surface area contributed by atoms with Crippen LogP contribution in [0, 0.1) is 23.7 Å². The van der Waals surface area contributed by atoms with Gasteiger partial charge in [0, 0.05) is 24.8 Å². The van der Waals surface area contributed by atoms with Crippen molar-refractivity contribution in [2.24, 2.45) is 23.7 Å². The number of amides is 3. The molecule has 0 aliphatic carbocycles. The standard InChI is InChI=1S/C28H41N3O7/c1-17(2)13-21(26(34)30-22(27(35)37-5)14-20-11-12-29-25(20)33)15-23(32)24(18(3)4)31-28(36)38-16-19-9-7-6-8-10-19/h6-10,17-18,20-22,24H,11-16H2,1-5H3,(H,29,33)(H,30,34)(H,31,36)/t20-,21+,22-,24-/m0/s1. The van der Waals surface area contributed by atoms with Crippen molar-refractivity contribution in [2.45, 2.75) is 72.1 Å². The summed E-state index contributed by atoms with van der Waals surface area (Å²) >= 11 is 0. The van der Waals surface area contributed by atoms with Gasteiger partial charge in [-0.15, -0.1) is 0 Å². The average Bonchev–Trinajstić information content (AvgIpc) is 3.28. The summed E-state index contributed by atoms with van der Waals surface area (Å²) in [6.45, 7) is 8.06. The van der Waals surface area contributed by atoms with Gasteiger partial charge in [0.2, 0.25) is 11.8 Å². The van der Waals surface area contributed by atoms with E-state index in [1.54, 1.807) is 13.8 Å². The molecule has 3 N–H and O–H groups in total. The Morgan fingerprint density at radius 3 is 2.29 bits per heavy atom. The molecule has 0 radical (unpaired) electrons. The van der Waals surface area contributed by atoms with Crippen molar-refractivity contribution >= 4 is 29.7 Å². The van der Waals surface area contributed by atoms with Crippen LogP contribution in [-0.2, 0) is 35.3 Å². The maximum Gasteiger partial charge on any atom is 0.408 e. The van der Waals surface area contributed by atoms with Crippen LogP contribution in [0.25, 0.3) is 0 Å². The monoisotopic (exact) mass is 531 g/mol. The van der Waals surface area contributed by atoms with Gasteiger partial charge in [0.25, 0.3) is 0 Å². The Hall–Kier alpha value is -3.43. The summed E-state index contributed by atoms with van der Waals surface area (Å²) in [5.41, 5.74) is 0.819. The molecule has 10 heteroatoms. The molecule has 10 nitrogen and oxygen atoms in total. The summed E-state index contributed by atoms with van der Waals surface area (Å²) in [6.07, 6.45) is 0.252. The van der Waals surface area contributed by atoms with E-state index >= 15 is 0 Å². The number of alkyl carbamates (subject to hydrolysis) is 1. The summed E-state index contributed by atoms with van der Waals surface area (Å²) < 4.78 is 10.1. The van der Waals surface area contributed by atoms with Crippen molar-refractivity contribution in [1.29, 1.82) is 0 Å². The van der Waals surface area contributed by atoms with E-state index in [9.17, 15) is 24.0 Å². The number of ether oxygens (including phenoxy) is 2. The summed E-state index contributed by atoms with van der Waals surface area (Å²) in [5.74, 6) is -2.84. The number of esters is 1. The molecule has 0 bridgehead atoms. The largest absolute Gasteiger partial charge is 0.467 e. The molecule has 1 saturated heterocycles. The molecule has 1 aliphatic heterocycles. The molecule has 0 aromatic heterocycles. The van der Waals surface area contributed by atoms with Crippen LogP contribution in [0.15, 0.2) is 30.3 Å². The summed E-state index contributed by atoms with van der Waals surface area (Å²) in [4.78, 5) is 63.4.